The highest BCUT2D eigenvalue weighted by Crippen LogP contribution is 2.23. The number of carbonyl (C=O) groups excluding carboxylic acids is 2. The zero-order valence-electron chi connectivity index (χ0n) is 13.5. The van der Waals surface area contributed by atoms with E-state index in [1.165, 1.54) is 12.1 Å². The van der Waals surface area contributed by atoms with Crippen molar-refractivity contribution in [1.82, 2.24) is 10.0 Å². The molecule has 2 fully saturated rings. The van der Waals surface area contributed by atoms with Gasteiger partial charge in [0.2, 0.25) is 21.8 Å². The average molecular weight is 351 g/mol. The lowest BCUT2D eigenvalue weighted by molar-refractivity contribution is -0.123. The first-order valence-corrected chi connectivity index (χ1v) is 9.57. The number of carbonyl (C=O) groups is 2. The summed E-state index contributed by atoms with van der Waals surface area (Å²) in [6.45, 7) is 2.45. The third kappa shape index (κ3) is 3.44. The van der Waals surface area contributed by atoms with E-state index in [4.69, 9.17) is 0 Å². The molecule has 0 bridgehead atoms. The highest BCUT2D eigenvalue weighted by atomic mass is 32.2. The fraction of sp³-hybridized carbons (Fsp3) is 0.500. The fourth-order valence-corrected chi connectivity index (χ4v) is 4.47. The van der Waals surface area contributed by atoms with Crippen LogP contribution < -0.4 is 14.9 Å². The van der Waals surface area contributed by atoms with Crippen LogP contribution in [0.25, 0.3) is 0 Å². The Kier molecular flexibility index (Phi) is 4.60. The Labute approximate surface area is 141 Å². The second-order valence-corrected chi connectivity index (χ2v) is 7.98. The number of piperidine rings is 1. The summed E-state index contributed by atoms with van der Waals surface area (Å²) >= 11 is 0. The maximum absolute atomic E-state index is 12.5. The van der Waals surface area contributed by atoms with Gasteiger partial charge in [0.15, 0.2) is 0 Å². The van der Waals surface area contributed by atoms with Crippen molar-refractivity contribution in [3.05, 3.63) is 24.3 Å². The van der Waals surface area contributed by atoms with Crippen LogP contribution in [0.15, 0.2) is 29.2 Å². The topological polar surface area (TPSA) is 95.6 Å². The molecule has 2 heterocycles. The SMILES string of the molecule is CC1NC(=O)CCC1NS(=O)(=O)c1ccc(N2CCCC2=O)cc1. The van der Waals surface area contributed by atoms with E-state index in [-0.39, 0.29) is 28.8 Å². The average Bonchev–Trinajstić information content (AvgIpc) is 2.96. The Bertz CT molecular complexity index is 745. The first kappa shape index (κ1) is 16.9. The molecule has 7 nitrogen and oxygen atoms in total. The van der Waals surface area contributed by atoms with Gasteiger partial charge in [0.25, 0.3) is 0 Å². The van der Waals surface area contributed by atoms with Gasteiger partial charge < -0.3 is 10.2 Å². The van der Waals surface area contributed by atoms with Crippen molar-refractivity contribution < 1.29 is 18.0 Å². The molecule has 3 rings (SSSR count). The summed E-state index contributed by atoms with van der Waals surface area (Å²) in [5.41, 5.74) is 0.717. The van der Waals surface area contributed by atoms with Crippen molar-refractivity contribution in [3.63, 3.8) is 0 Å². The first-order valence-electron chi connectivity index (χ1n) is 8.09. The standard InChI is InChI=1S/C16H21N3O4S/c1-11-14(8-9-15(20)17-11)18-24(22,23)13-6-4-12(5-7-13)19-10-2-3-16(19)21/h4-7,11,14,18H,2-3,8-10H2,1H3,(H,17,20). The van der Waals surface area contributed by atoms with Crippen LogP contribution in [-0.2, 0) is 19.6 Å². The van der Waals surface area contributed by atoms with Crippen LogP contribution >= 0.6 is 0 Å². The van der Waals surface area contributed by atoms with Gasteiger partial charge in [-0.15, -0.1) is 0 Å². The predicted molar refractivity (Wildman–Crippen MR) is 89.0 cm³/mol. The minimum absolute atomic E-state index is 0.0578. The van der Waals surface area contributed by atoms with Crippen LogP contribution in [0.4, 0.5) is 5.69 Å². The number of benzene rings is 1. The van der Waals surface area contributed by atoms with Gasteiger partial charge in [-0.2, -0.15) is 0 Å². The Morgan fingerprint density at radius 1 is 1.17 bits per heavy atom. The first-order chi connectivity index (χ1) is 11.4. The highest BCUT2D eigenvalue weighted by Gasteiger charge is 2.29. The number of nitrogens with one attached hydrogen (secondary N) is 2. The molecule has 2 atom stereocenters. The number of anilines is 1. The van der Waals surface area contributed by atoms with Crippen molar-refractivity contribution in [2.75, 3.05) is 11.4 Å². The molecule has 130 valence electrons. The predicted octanol–water partition coefficient (Wildman–Crippen LogP) is 0.759. The molecule has 1 aromatic carbocycles. The van der Waals surface area contributed by atoms with E-state index in [0.29, 0.717) is 25.8 Å². The van der Waals surface area contributed by atoms with Gasteiger partial charge in [-0.25, -0.2) is 13.1 Å². The molecular weight excluding hydrogens is 330 g/mol. The third-order valence-electron chi connectivity index (χ3n) is 4.51. The fourth-order valence-electron chi connectivity index (χ4n) is 3.12. The minimum atomic E-state index is -3.67. The Balaban J connectivity index is 1.73. The van der Waals surface area contributed by atoms with E-state index in [2.05, 4.69) is 10.0 Å². The van der Waals surface area contributed by atoms with Crippen LogP contribution in [0.1, 0.15) is 32.6 Å². The summed E-state index contributed by atoms with van der Waals surface area (Å²) in [5.74, 6) is 0.00749. The molecule has 2 N–H and O–H groups in total. The summed E-state index contributed by atoms with van der Waals surface area (Å²) in [7, 11) is -3.67. The normalized spacial score (nSPS) is 25.0. The molecule has 2 aliphatic rings. The number of hydrogen-bond donors (Lipinski definition) is 2. The van der Waals surface area contributed by atoms with Gasteiger partial charge in [0, 0.05) is 37.2 Å². The third-order valence-corrected chi connectivity index (χ3v) is 6.02. The van der Waals surface area contributed by atoms with Crippen molar-refractivity contribution in [2.24, 2.45) is 0 Å². The van der Waals surface area contributed by atoms with E-state index >= 15 is 0 Å². The lowest BCUT2D eigenvalue weighted by Crippen LogP contribution is -2.53. The smallest absolute Gasteiger partial charge is 0.240 e. The quantitative estimate of drug-likeness (QED) is 0.837. The van der Waals surface area contributed by atoms with Gasteiger partial charge in [-0.1, -0.05) is 0 Å². The molecule has 24 heavy (non-hydrogen) atoms. The van der Waals surface area contributed by atoms with Crippen LogP contribution in [0.3, 0.4) is 0 Å². The van der Waals surface area contributed by atoms with E-state index < -0.39 is 10.0 Å². The van der Waals surface area contributed by atoms with Gasteiger partial charge >= 0.3 is 0 Å². The molecular formula is C16H21N3O4S. The van der Waals surface area contributed by atoms with Crippen LogP contribution in [0.2, 0.25) is 0 Å². The highest BCUT2D eigenvalue weighted by molar-refractivity contribution is 7.89. The Morgan fingerprint density at radius 2 is 1.88 bits per heavy atom. The van der Waals surface area contributed by atoms with E-state index in [1.54, 1.807) is 24.0 Å². The summed E-state index contributed by atoms with van der Waals surface area (Å²) < 4.78 is 27.7. The van der Waals surface area contributed by atoms with Crippen molar-refractivity contribution in [2.45, 2.75) is 49.6 Å². The van der Waals surface area contributed by atoms with Gasteiger partial charge in [0.1, 0.15) is 0 Å². The van der Waals surface area contributed by atoms with Gasteiger partial charge in [0.05, 0.1) is 4.90 Å². The van der Waals surface area contributed by atoms with Crippen LogP contribution in [0, 0.1) is 0 Å². The molecule has 2 unspecified atom stereocenters. The lowest BCUT2D eigenvalue weighted by Gasteiger charge is -2.30. The number of rotatable bonds is 4. The number of nitrogens with zero attached hydrogens (tertiary/aromatic N) is 1. The van der Waals surface area contributed by atoms with Crippen molar-refractivity contribution >= 4 is 27.5 Å². The molecule has 0 aliphatic carbocycles. The molecule has 0 saturated carbocycles. The van der Waals surface area contributed by atoms with Crippen molar-refractivity contribution in [1.29, 1.82) is 0 Å². The lowest BCUT2D eigenvalue weighted by atomic mass is 10.0. The number of hydrogen-bond acceptors (Lipinski definition) is 4. The molecule has 8 heteroatoms. The maximum atomic E-state index is 12.5. The second-order valence-electron chi connectivity index (χ2n) is 6.27. The van der Waals surface area contributed by atoms with Crippen molar-refractivity contribution in [3.8, 4) is 0 Å². The largest absolute Gasteiger partial charge is 0.352 e. The minimum Gasteiger partial charge on any atom is -0.352 e. The summed E-state index contributed by atoms with van der Waals surface area (Å²) in [6, 6.07) is 5.76. The van der Waals surface area contributed by atoms with E-state index in [1.807, 2.05) is 0 Å². The second kappa shape index (κ2) is 6.52. The summed E-state index contributed by atoms with van der Waals surface area (Å²) in [4.78, 5) is 24.9. The Hall–Kier alpha value is -1.93. The van der Waals surface area contributed by atoms with Crippen LogP contribution in [-0.4, -0.2) is 38.9 Å². The zero-order valence-corrected chi connectivity index (χ0v) is 14.3. The zero-order chi connectivity index (χ0) is 17.3. The van der Waals surface area contributed by atoms with E-state index in [0.717, 1.165) is 12.1 Å². The summed E-state index contributed by atoms with van der Waals surface area (Å²) in [6.07, 6.45) is 2.15. The molecule has 1 aromatic rings. The molecule has 2 aliphatic heterocycles. The monoisotopic (exact) mass is 351 g/mol. The summed E-state index contributed by atoms with van der Waals surface area (Å²) in [5, 5.41) is 2.74. The molecule has 0 spiro atoms. The maximum Gasteiger partial charge on any atom is 0.240 e. The molecule has 2 saturated heterocycles. The molecule has 0 aromatic heterocycles. The Morgan fingerprint density at radius 3 is 2.46 bits per heavy atom. The van der Waals surface area contributed by atoms with Crippen LogP contribution in [0.5, 0.6) is 0 Å². The van der Waals surface area contributed by atoms with Gasteiger partial charge in [-0.05, 0) is 44.0 Å². The number of amides is 2. The molecule has 2 amide bonds. The van der Waals surface area contributed by atoms with E-state index in [9.17, 15) is 18.0 Å². The number of sulfonamides is 1. The van der Waals surface area contributed by atoms with Gasteiger partial charge in [-0.3, -0.25) is 9.59 Å². The molecule has 0 radical (unpaired) electrons.